The lowest BCUT2D eigenvalue weighted by molar-refractivity contribution is -0.384. The van der Waals surface area contributed by atoms with Crippen LogP contribution in [-0.2, 0) is 6.54 Å². The van der Waals surface area contributed by atoms with Gasteiger partial charge in [0.25, 0.3) is 5.69 Å². The molecule has 1 aromatic heterocycles. The molecule has 1 aromatic carbocycles. The van der Waals surface area contributed by atoms with Gasteiger partial charge < -0.3 is 4.90 Å². The minimum Gasteiger partial charge on any atom is -0.355 e. The van der Waals surface area contributed by atoms with Crippen LogP contribution in [0.3, 0.4) is 0 Å². The van der Waals surface area contributed by atoms with Crippen molar-refractivity contribution < 1.29 is 4.92 Å². The lowest BCUT2D eigenvalue weighted by atomic mass is 10.2. The fourth-order valence-corrected chi connectivity index (χ4v) is 1.70. The molecule has 0 fully saturated rings. The number of nitro benzene ring substituents is 1. The molecule has 18 heavy (non-hydrogen) atoms. The minimum absolute atomic E-state index is 0.113. The van der Waals surface area contributed by atoms with Crippen molar-refractivity contribution >= 4 is 11.5 Å². The Kier molecular flexibility index (Phi) is 3.52. The number of nitro groups is 1. The lowest BCUT2D eigenvalue weighted by Crippen LogP contribution is -2.17. The predicted molar refractivity (Wildman–Crippen MR) is 69.4 cm³/mol. The van der Waals surface area contributed by atoms with Gasteiger partial charge in [-0.1, -0.05) is 18.2 Å². The van der Waals surface area contributed by atoms with Gasteiger partial charge in [0.05, 0.1) is 4.92 Å². The zero-order chi connectivity index (χ0) is 13.0. The molecular formula is C13H13N3O2. The molecule has 5 nitrogen and oxygen atoms in total. The molecule has 1 heterocycles. The molecule has 92 valence electrons. The van der Waals surface area contributed by atoms with Gasteiger partial charge in [-0.2, -0.15) is 0 Å². The summed E-state index contributed by atoms with van der Waals surface area (Å²) in [6, 6.07) is 12.3. The van der Waals surface area contributed by atoms with E-state index in [0.29, 0.717) is 6.54 Å². The molecule has 0 saturated carbocycles. The van der Waals surface area contributed by atoms with Crippen LogP contribution in [0, 0.1) is 10.1 Å². The second-order valence-corrected chi connectivity index (χ2v) is 3.97. The van der Waals surface area contributed by atoms with Crippen molar-refractivity contribution in [2.24, 2.45) is 0 Å². The van der Waals surface area contributed by atoms with Crippen LogP contribution in [0.15, 0.2) is 48.7 Å². The Morgan fingerprint density at radius 1 is 1.28 bits per heavy atom. The Morgan fingerprint density at radius 2 is 2.11 bits per heavy atom. The van der Waals surface area contributed by atoms with E-state index in [1.165, 1.54) is 6.07 Å². The molecule has 5 heteroatoms. The average Bonchev–Trinajstić information content (AvgIpc) is 2.40. The number of aromatic nitrogens is 1. The third kappa shape index (κ3) is 2.82. The number of nitrogens with zero attached hydrogens (tertiary/aromatic N) is 3. The quantitative estimate of drug-likeness (QED) is 0.611. The van der Waals surface area contributed by atoms with Gasteiger partial charge >= 0.3 is 0 Å². The molecule has 0 amide bonds. The van der Waals surface area contributed by atoms with E-state index >= 15 is 0 Å². The maximum atomic E-state index is 10.7. The number of anilines is 1. The summed E-state index contributed by atoms with van der Waals surface area (Å²) < 4.78 is 0. The Hall–Kier alpha value is -2.43. The first-order chi connectivity index (χ1) is 8.66. The van der Waals surface area contributed by atoms with Crippen molar-refractivity contribution in [3.8, 4) is 0 Å². The summed E-state index contributed by atoms with van der Waals surface area (Å²) in [5.74, 6) is 0.837. The number of pyridine rings is 1. The molecule has 2 rings (SSSR count). The highest BCUT2D eigenvalue weighted by atomic mass is 16.6. The van der Waals surface area contributed by atoms with Crippen molar-refractivity contribution in [1.82, 2.24) is 4.98 Å². The molecule has 0 bridgehead atoms. The van der Waals surface area contributed by atoms with Gasteiger partial charge in [0.15, 0.2) is 0 Å². The van der Waals surface area contributed by atoms with Crippen LogP contribution in [0.1, 0.15) is 5.56 Å². The van der Waals surface area contributed by atoms with Crippen LogP contribution in [0.5, 0.6) is 0 Å². The van der Waals surface area contributed by atoms with Gasteiger partial charge in [0.1, 0.15) is 5.82 Å². The first-order valence-electron chi connectivity index (χ1n) is 5.52. The van der Waals surface area contributed by atoms with E-state index in [4.69, 9.17) is 0 Å². The van der Waals surface area contributed by atoms with Crippen LogP contribution in [-0.4, -0.2) is 17.0 Å². The fraction of sp³-hybridized carbons (Fsp3) is 0.154. The monoisotopic (exact) mass is 243 g/mol. The third-order valence-corrected chi connectivity index (χ3v) is 2.58. The van der Waals surface area contributed by atoms with Gasteiger partial charge in [-0.25, -0.2) is 4.98 Å². The summed E-state index contributed by atoms with van der Waals surface area (Å²) in [6.07, 6.45) is 1.72. The number of hydrogen-bond acceptors (Lipinski definition) is 4. The molecule has 0 aliphatic carbocycles. The van der Waals surface area contributed by atoms with Crippen LogP contribution in [0.4, 0.5) is 11.5 Å². The second-order valence-electron chi connectivity index (χ2n) is 3.97. The highest BCUT2D eigenvalue weighted by molar-refractivity contribution is 5.40. The first-order valence-corrected chi connectivity index (χ1v) is 5.52. The number of benzene rings is 1. The van der Waals surface area contributed by atoms with Gasteiger partial charge in [-0.3, -0.25) is 10.1 Å². The smallest absolute Gasteiger partial charge is 0.269 e. The zero-order valence-corrected chi connectivity index (χ0v) is 9.98. The van der Waals surface area contributed by atoms with E-state index in [9.17, 15) is 10.1 Å². The molecule has 0 radical (unpaired) electrons. The standard InChI is InChI=1S/C13H13N3O2/c1-15(13-7-2-3-8-14-13)10-11-5-4-6-12(9-11)16(17)18/h2-9H,10H2,1H3. The van der Waals surface area contributed by atoms with Crippen LogP contribution in [0.2, 0.25) is 0 Å². The zero-order valence-electron chi connectivity index (χ0n) is 9.98. The minimum atomic E-state index is -0.385. The van der Waals surface area contributed by atoms with Crippen molar-refractivity contribution in [3.63, 3.8) is 0 Å². The average molecular weight is 243 g/mol. The molecule has 0 unspecified atom stereocenters. The lowest BCUT2D eigenvalue weighted by Gasteiger charge is -2.17. The highest BCUT2D eigenvalue weighted by Crippen LogP contribution is 2.16. The Bertz CT molecular complexity index is 543. The summed E-state index contributed by atoms with van der Waals surface area (Å²) in [6.45, 7) is 0.582. The summed E-state index contributed by atoms with van der Waals surface area (Å²) in [5, 5.41) is 10.7. The van der Waals surface area contributed by atoms with Crippen molar-refractivity contribution in [2.45, 2.75) is 6.54 Å². The van der Waals surface area contributed by atoms with Crippen LogP contribution >= 0.6 is 0 Å². The summed E-state index contributed by atoms with van der Waals surface area (Å²) in [5.41, 5.74) is 0.999. The number of hydrogen-bond donors (Lipinski definition) is 0. The highest BCUT2D eigenvalue weighted by Gasteiger charge is 2.08. The first kappa shape index (κ1) is 12.0. The van der Waals surface area contributed by atoms with E-state index < -0.39 is 0 Å². The molecule has 0 aliphatic heterocycles. The maximum Gasteiger partial charge on any atom is 0.269 e. The van der Waals surface area contributed by atoms with Crippen LogP contribution in [0.25, 0.3) is 0 Å². The Balaban J connectivity index is 2.14. The molecule has 0 aliphatic rings. The Morgan fingerprint density at radius 3 is 2.78 bits per heavy atom. The van der Waals surface area contributed by atoms with Crippen molar-refractivity contribution in [3.05, 3.63) is 64.3 Å². The SMILES string of the molecule is CN(Cc1cccc([N+](=O)[O-])c1)c1ccccn1. The molecule has 0 N–H and O–H groups in total. The molecule has 0 spiro atoms. The topological polar surface area (TPSA) is 59.3 Å². The van der Waals surface area contributed by atoms with Crippen LogP contribution < -0.4 is 4.90 Å². The molecular weight excluding hydrogens is 230 g/mol. The Labute approximate surface area is 105 Å². The maximum absolute atomic E-state index is 10.7. The van der Waals surface area contributed by atoms with Gasteiger partial charge in [-0.05, 0) is 17.7 Å². The van der Waals surface area contributed by atoms with Crippen molar-refractivity contribution in [2.75, 3.05) is 11.9 Å². The van der Waals surface area contributed by atoms with Gasteiger partial charge in [0.2, 0.25) is 0 Å². The molecule has 0 atom stereocenters. The van der Waals surface area contributed by atoms with E-state index in [0.717, 1.165) is 11.4 Å². The largest absolute Gasteiger partial charge is 0.355 e. The second kappa shape index (κ2) is 5.27. The van der Waals surface area contributed by atoms with E-state index in [1.54, 1.807) is 18.3 Å². The predicted octanol–water partition coefficient (Wildman–Crippen LogP) is 2.63. The van der Waals surface area contributed by atoms with E-state index in [-0.39, 0.29) is 10.6 Å². The normalized spacial score (nSPS) is 10.1. The number of rotatable bonds is 4. The fourth-order valence-electron chi connectivity index (χ4n) is 1.70. The van der Waals surface area contributed by atoms with Gasteiger partial charge in [-0.15, -0.1) is 0 Å². The number of non-ortho nitro benzene ring substituents is 1. The van der Waals surface area contributed by atoms with Gasteiger partial charge in [0, 0.05) is 31.9 Å². The third-order valence-electron chi connectivity index (χ3n) is 2.58. The summed E-state index contributed by atoms with van der Waals surface area (Å²) in [7, 11) is 1.90. The molecule has 0 saturated heterocycles. The summed E-state index contributed by atoms with van der Waals surface area (Å²) >= 11 is 0. The molecule has 2 aromatic rings. The van der Waals surface area contributed by atoms with Crippen molar-refractivity contribution in [1.29, 1.82) is 0 Å². The summed E-state index contributed by atoms with van der Waals surface area (Å²) in [4.78, 5) is 16.5. The van der Waals surface area contributed by atoms with E-state index in [1.807, 2.05) is 36.2 Å². The van der Waals surface area contributed by atoms with E-state index in [2.05, 4.69) is 4.98 Å².